The molecule has 9 nitrogen and oxygen atoms in total. The molecule has 2 aliphatic heterocycles. The van der Waals surface area contributed by atoms with Crippen LogP contribution >= 0.6 is 0 Å². The number of ether oxygens (including phenoxy) is 3. The number of nitrogens with zero attached hydrogens (tertiary/aromatic N) is 2. The first-order valence-corrected chi connectivity index (χ1v) is 13.3. The van der Waals surface area contributed by atoms with Gasteiger partial charge in [-0.1, -0.05) is 24.3 Å². The molecule has 1 saturated heterocycles. The van der Waals surface area contributed by atoms with Crippen molar-refractivity contribution in [1.29, 1.82) is 0 Å². The molecule has 0 saturated carbocycles. The number of hydrogen-bond acceptors (Lipinski definition) is 7. The summed E-state index contributed by atoms with van der Waals surface area (Å²) in [5, 5.41) is 0. The third-order valence-electron chi connectivity index (χ3n) is 6.21. The van der Waals surface area contributed by atoms with Gasteiger partial charge in [0.15, 0.2) is 11.5 Å². The maximum absolute atomic E-state index is 13.7. The van der Waals surface area contributed by atoms with Gasteiger partial charge in [-0.05, 0) is 54.8 Å². The highest BCUT2D eigenvalue weighted by Gasteiger charge is 2.32. The number of furan rings is 1. The fourth-order valence-electron chi connectivity index (χ4n) is 4.34. The summed E-state index contributed by atoms with van der Waals surface area (Å²) in [5.74, 6) is 1.52. The van der Waals surface area contributed by atoms with Crippen molar-refractivity contribution in [2.75, 3.05) is 26.5 Å². The lowest BCUT2D eigenvalue weighted by Gasteiger charge is -2.28. The Labute approximate surface area is 210 Å². The van der Waals surface area contributed by atoms with E-state index in [2.05, 4.69) is 0 Å². The Kier molecular flexibility index (Phi) is 7.26. The van der Waals surface area contributed by atoms with Gasteiger partial charge in [0, 0.05) is 19.7 Å². The van der Waals surface area contributed by atoms with Gasteiger partial charge in [0.1, 0.15) is 5.76 Å². The average Bonchev–Trinajstić information content (AvgIpc) is 3.67. The van der Waals surface area contributed by atoms with Crippen molar-refractivity contribution in [2.24, 2.45) is 0 Å². The Morgan fingerprint density at radius 2 is 1.81 bits per heavy atom. The number of sulfonamides is 1. The van der Waals surface area contributed by atoms with Gasteiger partial charge in [-0.2, -0.15) is 4.31 Å². The maximum atomic E-state index is 13.7. The Morgan fingerprint density at radius 3 is 2.56 bits per heavy atom. The summed E-state index contributed by atoms with van der Waals surface area (Å²) < 4.78 is 50.3. The molecule has 0 spiro atoms. The molecule has 2 aromatic carbocycles. The van der Waals surface area contributed by atoms with E-state index in [1.807, 2.05) is 12.1 Å². The third-order valence-corrected chi connectivity index (χ3v) is 8.04. The van der Waals surface area contributed by atoms with Gasteiger partial charge in [-0.3, -0.25) is 4.79 Å². The molecule has 1 aromatic heterocycles. The Balaban J connectivity index is 1.39. The molecular weight excluding hydrogens is 484 g/mol. The molecule has 1 atom stereocenters. The predicted octanol–water partition coefficient (Wildman–Crippen LogP) is 3.41. The highest BCUT2D eigenvalue weighted by atomic mass is 32.2. The molecule has 1 amide bonds. The molecule has 3 heterocycles. The second-order valence-corrected chi connectivity index (χ2v) is 10.7. The summed E-state index contributed by atoms with van der Waals surface area (Å²) in [6, 6.07) is 17.2. The van der Waals surface area contributed by atoms with Crippen molar-refractivity contribution in [3.05, 3.63) is 78.3 Å². The minimum Gasteiger partial charge on any atom is -0.467 e. The van der Waals surface area contributed by atoms with E-state index in [1.165, 1.54) is 16.4 Å². The summed E-state index contributed by atoms with van der Waals surface area (Å²) in [6.07, 6.45) is 2.92. The second kappa shape index (κ2) is 10.7. The van der Waals surface area contributed by atoms with Crippen LogP contribution in [0.1, 0.15) is 24.2 Å². The molecule has 0 N–H and O–H groups in total. The number of carbonyl (C=O) groups is 1. The molecule has 0 aliphatic carbocycles. The number of benzene rings is 2. The molecule has 36 heavy (non-hydrogen) atoms. The number of hydrogen-bond donors (Lipinski definition) is 0. The number of amides is 1. The van der Waals surface area contributed by atoms with Crippen LogP contribution in [0.15, 0.2) is 76.2 Å². The van der Waals surface area contributed by atoms with Gasteiger partial charge in [0.2, 0.25) is 22.7 Å². The summed E-state index contributed by atoms with van der Waals surface area (Å²) in [4.78, 5) is 15.4. The molecule has 190 valence electrons. The van der Waals surface area contributed by atoms with Crippen LogP contribution < -0.4 is 9.47 Å². The average molecular weight is 513 g/mol. The van der Waals surface area contributed by atoms with E-state index >= 15 is 0 Å². The normalized spacial score (nSPS) is 17.0. The van der Waals surface area contributed by atoms with E-state index in [0.29, 0.717) is 23.9 Å². The number of carbonyl (C=O) groups excluding carboxylic acids is 1. The monoisotopic (exact) mass is 512 g/mol. The quantitative estimate of drug-likeness (QED) is 0.411. The Morgan fingerprint density at radius 1 is 0.972 bits per heavy atom. The molecule has 0 bridgehead atoms. The van der Waals surface area contributed by atoms with E-state index in [4.69, 9.17) is 18.6 Å². The SMILES string of the molecule is O=C(CN(CC1CCCO1)S(=O)(=O)c1ccccc1)N(Cc1ccc2c(c1)OCO2)Cc1ccco1. The highest BCUT2D eigenvalue weighted by molar-refractivity contribution is 7.89. The van der Waals surface area contributed by atoms with Gasteiger partial charge < -0.3 is 23.5 Å². The third kappa shape index (κ3) is 5.56. The van der Waals surface area contributed by atoms with E-state index in [9.17, 15) is 13.2 Å². The van der Waals surface area contributed by atoms with E-state index < -0.39 is 10.0 Å². The first kappa shape index (κ1) is 24.4. The zero-order chi connectivity index (χ0) is 25.0. The minimum absolute atomic E-state index is 0.113. The van der Waals surface area contributed by atoms with Crippen LogP contribution in [0.4, 0.5) is 0 Å². The maximum Gasteiger partial charge on any atom is 0.243 e. The Hall–Kier alpha value is -3.34. The summed E-state index contributed by atoms with van der Waals surface area (Å²) in [5.41, 5.74) is 0.829. The van der Waals surface area contributed by atoms with E-state index in [1.54, 1.807) is 47.6 Å². The molecule has 5 rings (SSSR count). The highest BCUT2D eigenvalue weighted by Crippen LogP contribution is 2.33. The lowest BCUT2D eigenvalue weighted by molar-refractivity contribution is -0.133. The summed E-state index contributed by atoms with van der Waals surface area (Å²) in [6.45, 7) is 0.981. The first-order chi connectivity index (χ1) is 17.5. The molecule has 1 unspecified atom stereocenters. The van der Waals surface area contributed by atoms with Gasteiger partial charge in [-0.25, -0.2) is 8.42 Å². The van der Waals surface area contributed by atoms with Crippen molar-refractivity contribution in [1.82, 2.24) is 9.21 Å². The standard InChI is InChI=1S/C26H28N2O7S/c29-26(18-28(17-22-7-5-13-33-22)36(30,31)23-8-2-1-3-9-23)27(16-21-6-4-12-32-21)15-20-10-11-24-25(14-20)35-19-34-24/h1-4,6,8-12,14,22H,5,7,13,15-19H2. The lowest BCUT2D eigenvalue weighted by Crippen LogP contribution is -2.45. The lowest BCUT2D eigenvalue weighted by atomic mass is 10.2. The van der Waals surface area contributed by atoms with Crippen LogP contribution in [0.5, 0.6) is 11.5 Å². The molecule has 1 fully saturated rings. The number of rotatable bonds is 10. The first-order valence-electron chi connectivity index (χ1n) is 11.8. The molecular formula is C26H28N2O7S. The van der Waals surface area contributed by atoms with Crippen molar-refractivity contribution >= 4 is 15.9 Å². The summed E-state index contributed by atoms with van der Waals surface area (Å²) in [7, 11) is -3.91. The molecule has 2 aliphatic rings. The van der Waals surface area contributed by atoms with Crippen LogP contribution in [0.3, 0.4) is 0 Å². The predicted molar refractivity (Wildman–Crippen MR) is 130 cm³/mol. The van der Waals surface area contributed by atoms with Crippen LogP contribution in [0, 0.1) is 0 Å². The molecule has 3 aromatic rings. The number of fused-ring (bicyclic) bond motifs is 1. The van der Waals surface area contributed by atoms with Crippen molar-refractivity contribution < 1.29 is 31.8 Å². The largest absolute Gasteiger partial charge is 0.467 e. The zero-order valence-electron chi connectivity index (χ0n) is 19.7. The smallest absolute Gasteiger partial charge is 0.243 e. The Bertz CT molecular complexity index is 1270. The van der Waals surface area contributed by atoms with Gasteiger partial charge in [0.05, 0.1) is 30.4 Å². The van der Waals surface area contributed by atoms with Gasteiger partial charge in [-0.15, -0.1) is 0 Å². The van der Waals surface area contributed by atoms with Crippen LogP contribution in [-0.2, 0) is 32.6 Å². The van der Waals surface area contributed by atoms with Crippen molar-refractivity contribution in [3.8, 4) is 11.5 Å². The van der Waals surface area contributed by atoms with Crippen molar-refractivity contribution in [3.63, 3.8) is 0 Å². The second-order valence-electron chi connectivity index (χ2n) is 8.76. The van der Waals surface area contributed by atoms with E-state index in [0.717, 1.165) is 18.4 Å². The summed E-state index contributed by atoms with van der Waals surface area (Å²) >= 11 is 0. The van der Waals surface area contributed by atoms with Crippen LogP contribution in [-0.4, -0.2) is 56.1 Å². The zero-order valence-corrected chi connectivity index (χ0v) is 20.6. The topological polar surface area (TPSA) is 98.5 Å². The van der Waals surface area contributed by atoms with E-state index in [-0.39, 0.29) is 49.9 Å². The fourth-order valence-corrected chi connectivity index (χ4v) is 5.78. The van der Waals surface area contributed by atoms with Gasteiger partial charge >= 0.3 is 0 Å². The van der Waals surface area contributed by atoms with Gasteiger partial charge in [0.25, 0.3) is 0 Å². The fraction of sp³-hybridized carbons (Fsp3) is 0.346. The van der Waals surface area contributed by atoms with Crippen LogP contribution in [0.2, 0.25) is 0 Å². The molecule has 10 heteroatoms. The molecule has 0 radical (unpaired) electrons. The van der Waals surface area contributed by atoms with Crippen LogP contribution in [0.25, 0.3) is 0 Å². The van der Waals surface area contributed by atoms with Crippen molar-refractivity contribution in [2.45, 2.75) is 36.9 Å². The minimum atomic E-state index is -3.91.